The topological polar surface area (TPSA) is 52.6 Å². The number of furan rings is 4. The third-order valence-electron chi connectivity index (χ3n) is 21.6. The van der Waals surface area contributed by atoms with Gasteiger partial charge in [-0.3, -0.25) is 0 Å². The van der Waals surface area contributed by atoms with Crippen LogP contribution in [-0.4, -0.2) is 0 Å². The standard InChI is InChI=1S/C93H54O4/c1-51-19-16-38-80-82(51)89-91-74(61-23-12-14-36-78(61)94-91)49-77(93(89)96-80)86-65-26-6-4-24-63(65)84(64-25-5-7-27-66(64)86)56-42-40-53-43-45-60-57(33-18-34-59(60)73(53)47-56)55-44-46-62-75-50-76(92-88(90(75)97-81(62)48-55)71-32-13-15-37-79(71)95-92)87-69-30-10-8-28-67(69)85(68-29-9-11-31-70(68)87)72-35-17-21-54-41-39-52-20-2-3-22-58(52)83(54)72/h2-18,20-51H,19H2,1H3. The largest absolute Gasteiger partial charge is 0.456 e. The van der Waals surface area contributed by atoms with Crippen LogP contribution in [0.25, 0.3) is 225 Å². The molecule has 1 atom stereocenters. The Hall–Kier alpha value is -12.5. The van der Waals surface area contributed by atoms with Gasteiger partial charge in [-0.2, -0.15) is 0 Å². The van der Waals surface area contributed by atoms with E-state index in [0.717, 1.165) is 139 Å². The van der Waals surface area contributed by atoms with Crippen LogP contribution < -0.4 is 0 Å². The van der Waals surface area contributed by atoms with Gasteiger partial charge >= 0.3 is 0 Å². The van der Waals surface area contributed by atoms with Crippen molar-refractivity contribution in [3.63, 3.8) is 0 Å². The second-order valence-corrected chi connectivity index (χ2v) is 26.7. The molecule has 97 heavy (non-hydrogen) atoms. The smallest absolute Gasteiger partial charge is 0.147 e. The second-order valence-electron chi connectivity index (χ2n) is 26.7. The van der Waals surface area contributed by atoms with Crippen molar-refractivity contribution in [1.82, 2.24) is 0 Å². The van der Waals surface area contributed by atoms with E-state index >= 15 is 0 Å². The summed E-state index contributed by atoms with van der Waals surface area (Å²) >= 11 is 0. The fourth-order valence-corrected chi connectivity index (χ4v) is 17.4. The summed E-state index contributed by atoms with van der Waals surface area (Å²) in [6.45, 7) is 2.30. The highest BCUT2D eigenvalue weighted by atomic mass is 16.4. The third kappa shape index (κ3) is 7.36. The average molecular weight is 1240 g/mol. The lowest BCUT2D eigenvalue weighted by molar-refractivity contribution is 0.587. The van der Waals surface area contributed by atoms with E-state index in [4.69, 9.17) is 17.7 Å². The first-order chi connectivity index (χ1) is 48.0. The van der Waals surface area contributed by atoms with Crippen LogP contribution in [0, 0.1) is 0 Å². The fourth-order valence-electron chi connectivity index (χ4n) is 17.4. The summed E-state index contributed by atoms with van der Waals surface area (Å²) in [6.07, 6.45) is 5.35. The zero-order chi connectivity index (χ0) is 63.3. The average Bonchev–Trinajstić information content (AvgIpc) is 1.65. The van der Waals surface area contributed by atoms with Gasteiger partial charge in [-0.1, -0.05) is 250 Å². The minimum absolute atomic E-state index is 0.277. The predicted octanol–water partition coefficient (Wildman–Crippen LogP) is 27.2. The first-order valence-electron chi connectivity index (χ1n) is 33.7. The summed E-state index contributed by atoms with van der Waals surface area (Å²) in [7, 11) is 0. The maximum absolute atomic E-state index is 7.27. The number of allylic oxidation sites excluding steroid dienone is 1. The van der Waals surface area contributed by atoms with E-state index in [0.29, 0.717) is 0 Å². The molecule has 4 heteroatoms. The van der Waals surface area contributed by atoms with Gasteiger partial charge in [0.1, 0.15) is 44.8 Å². The number of hydrogen-bond acceptors (Lipinski definition) is 4. The predicted molar refractivity (Wildman–Crippen MR) is 407 cm³/mol. The lowest BCUT2D eigenvalue weighted by Gasteiger charge is -2.19. The normalized spacial score (nSPS) is 13.6. The Bertz CT molecular complexity index is 7010. The summed E-state index contributed by atoms with van der Waals surface area (Å²) in [4.78, 5) is 0. The Morgan fingerprint density at radius 3 is 1.40 bits per heavy atom. The molecule has 0 bridgehead atoms. The molecule has 0 spiro atoms. The fraction of sp³-hybridized carbons (Fsp3) is 0.0323. The van der Waals surface area contributed by atoms with Crippen LogP contribution in [0.15, 0.2) is 303 Å². The van der Waals surface area contributed by atoms with Gasteiger partial charge in [-0.15, -0.1) is 0 Å². The molecule has 17 aromatic carbocycles. The van der Waals surface area contributed by atoms with Crippen LogP contribution in [0.3, 0.4) is 0 Å². The van der Waals surface area contributed by atoms with Crippen LogP contribution >= 0.6 is 0 Å². The maximum Gasteiger partial charge on any atom is 0.147 e. The molecule has 4 nitrogen and oxygen atoms in total. The van der Waals surface area contributed by atoms with E-state index in [-0.39, 0.29) is 5.92 Å². The van der Waals surface area contributed by atoms with Gasteiger partial charge in [0.05, 0.1) is 10.8 Å². The zero-order valence-electron chi connectivity index (χ0n) is 52.6. The van der Waals surface area contributed by atoms with E-state index in [1.165, 1.54) is 97.7 Å². The van der Waals surface area contributed by atoms with Gasteiger partial charge < -0.3 is 17.7 Å². The first-order valence-corrected chi connectivity index (χ1v) is 33.7. The minimum atomic E-state index is 0.277. The summed E-state index contributed by atoms with van der Waals surface area (Å²) in [5, 5.41) is 26.5. The van der Waals surface area contributed by atoms with E-state index in [1.807, 2.05) is 0 Å². The molecule has 21 aromatic rings. The molecule has 0 radical (unpaired) electrons. The van der Waals surface area contributed by atoms with Crippen molar-refractivity contribution in [2.75, 3.05) is 0 Å². The molecule has 0 fully saturated rings. The first kappa shape index (κ1) is 52.9. The lowest BCUT2D eigenvalue weighted by atomic mass is 9.83. The van der Waals surface area contributed by atoms with Gasteiger partial charge in [0.25, 0.3) is 0 Å². The van der Waals surface area contributed by atoms with Gasteiger partial charge in [-0.25, -0.2) is 0 Å². The summed E-state index contributed by atoms with van der Waals surface area (Å²) < 4.78 is 28.3. The van der Waals surface area contributed by atoms with Crippen molar-refractivity contribution in [2.24, 2.45) is 0 Å². The van der Waals surface area contributed by atoms with Crippen molar-refractivity contribution in [3.05, 3.63) is 296 Å². The van der Waals surface area contributed by atoms with Crippen LogP contribution in [0.2, 0.25) is 0 Å². The molecule has 22 rings (SSSR count). The SMILES string of the molecule is CC1CC=Cc2oc3c(-c4c5ccccc5c(-c5ccc6ccc7c(-c8ccc9c(c8)oc8c9cc(-c9c%10ccccc%10c(-c%10cccc%11ccc%12ccccc%12c%10%11)c%10ccccc9%10)c9oc%10ccccc%10c98)cccc7c6c5)c5ccccc45)cc4c5ccccc5oc4c3c21. The van der Waals surface area contributed by atoms with Crippen molar-refractivity contribution in [3.8, 4) is 55.6 Å². The van der Waals surface area contributed by atoms with Crippen molar-refractivity contribution in [2.45, 2.75) is 19.3 Å². The molecule has 1 unspecified atom stereocenters. The number of benzene rings is 17. The highest BCUT2D eigenvalue weighted by Crippen LogP contribution is 2.54. The quantitative estimate of drug-likeness (QED) is 0.127. The number of fused-ring (bicyclic) bond motifs is 24. The van der Waals surface area contributed by atoms with E-state index in [1.54, 1.807) is 0 Å². The Labute approximate surface area is 554 Å². The molecule has 0 saturated carbocycles. The highest BCUT2D eigenvalue weighted by molar-refractivity contribution is 6.33. The Balaban J connectivity index is 0.718. The Morgan fingerprint density at radius 1 is 0.258 bits per heavy atom. The number of para-hydroxylation sites is 2. The molecule has 1 aliphatic carbocycles. The van der Waals surface area contributed by atoms with Gasteiger partial charge in [-0.05, 0) is 180 Å². The van der Waals surface area contributed by atoms with Crippen LogP contribution in [0.5, 0.6) is 0 Å². The zero-order valence-corrected chi connectivity index (χ0v) is 52.6. The van der Waals surface area contributed by atoms with E-state index in [2.05, 4.69) is 298 Å². The molecule has 450 valence electrons. The summed E-state index contributed by atoms with van der Waals surface area (Å²) in [5.41, 5.74) is 18.6. The van der Waals surface area contributed by atoms with Crippen LogP contribution in [0.1, 0.15) is 30.6 Å². The Kier molecular flexibility index (Phi) is 10.8. The van der Waals surface area contributed by atoms with Gasteiger partial charge in [0.2, 0.25) is 0 Å². The van der Waals surface area contributed by atoms with E-state index in [9.17, 15) is 0 Å². The van der Waals surface area contributed by atoms with Crippen molar-refractivity contribution in [1.29, 1.82) is 0 Å². The number of hydrogen-bond donors (Lipinski definition) is 0. The molecule has 0 aliphatic heterocycles. The molecule has 0 amide bonds. The van der Waals surface area contributed by atoms with E-state index < -0.39 is 0 Å². The maximum atomic E-state index is 7.27. The molecule has 4 heterocycles. The molecular weight excluding hydrogens is 1180 g/mol. The second kappa shape index (κ2) is 19.8. The lowest BCUT2D eigenvalue weighted by Crippen LogP contribution is -1.97. The molecule has 0 saturated heterocycles. The number of rotatable bonds is 5. The third-order valence-corrected chi connectivity index (χ3v) is 21.6. The minimum Gasteiger partial charge on any atom is -0.456 e. The molecule has 0 N–H and O–H groups in total. The monoisotopic (exact) mass is 1230 g/mol. The summed E-state index contributed by atoms with van der Waals surface area (Å²) in [5.74, 6) is 1.20. The van der Waals surface area contributed by atoms with Crippen LogP contribution in [0.4, 0.5) is 0 Å². The highest BCUT2D eigenvalue weighted by Gasteiger charge is 2.31. The van der Waals surface area contributed by atoms with Crippen LogP contribution in [-0.2, 0) is 0 Å². The van der Waals surface area contributed by atoms with Gasteiger partial charge in [0.15, 0.2) is 0 Å². The van der Waals surface area contributed by atoms with Crippen molar-refractivity contribution >= 4 is 169 Å². The van der Waals surface area contributed by atoms with Gasteiger partial charge in [0, 0.05) is 54.7 Å². The molecule has 4 aromatic heterocycles. The molecular formula is C93H54O4. The Morgan fingerprint density at radius 2 is 0.711 bits per heavy atom. The molecule has 1 aliphatic rings. The summed E-state index contributed by atoms with van der Waals surface area (Å²) in [6, 6.07) is 103. The van der Waals surface area contributed by atoms with Crippen molar-refractivity contribution < 1.29 is 17.7 Å².